The van der Waals surface area contributed by atoms with Crippen LogP contribution in [0.15, 0.2) is 24.3 Å². The first-order valence-electron chi connectivity index (χ1n) is 5.70. The van der Waals surface area contributed by atoms with Gasteiger partial charge in [0.05, 0.1) is 5.56 Å². The normalized spacial score (nSPS) is 12.2. The summed E-state index contributed by atoms with van der Waals surface area (Å²) in [7, 11) is 0. The zero-order valence-electron chi connectivity index (χ0n) is 11.0. The SMILES string of the molecule is O=C(NS)NC(c1cccc(C(F)(F)F)c1)N(C(=O)O)C(=O)O. The van der Waals surface area contributed by atoms with Crippen molar-refractivity contribution in [2.45, 2.75) is 12.3 Å². The molecule has 0 aliphatic heterocycles. The van der Waals surface area contributed by atoms with Gasteiger partial charge < -0.3 is 15.5 Å². The molecule has 1 atom stereocenters. The number of nitrogens with one attached hydrogen (secondary N) is 2. The highest BCUT2D eigenvalue weighted by Crippen LogP contribution is 2.31. The minimum absolute atomic E-state index is 0.251. The second-order valence-corrected chi connectivity index (χ2v) is 4.27. The molecule has 12 heteroatoms. The van der Waals surface area contributed by atoms with Gasteiger partial charge in [-0.3, -0.25) is 4.72 Å². The van der Waals surface area contributed by atoms with Crippen molar-refractivity contribution in [2.24, 2.45) is 0 Å². The van der Waals surface area contributed by atoms with Crippen molar-refractivity contribution >= 4 is 31.0 Å². The lowest BCUT2D eigenvalue weighted by atomic mass is 10.1. The van der Waals surface area contributed by atoms with Gasteiger partial charge in [-0.1, -0.05) is 24.9 Å². The summed E-state index contributed by atoms with van der Waals surface area (Å²) in [5, 5.41) is 19.7. The monoisotopic (exact) mass is 353 g/mol. The van der Waals surface area contributed by atoms with E-state index < -0.39 is 41.7 Å². The van der Waals surface area contributed by atoms with Crippen LogP contribution in [-0.2, 0) is 6.18 Å². The van der Waals surface area contributed by atoms with Crippen LogP contribution in [-0.4, -0.2) is 33.3 Å². The number of hydrogen-bond donors (Lipinski definition) is 5. The van der Waals surface area contributed by atoms with Crippen LogP contribution in [0.3, 0.4) is 0 Å². The highest BCUT2D eigenvalue weighted by molar-refractivity contribution is 7.78. The van der Waals surface area contributed by atoms with Gasteiger partial charge in [-0.15, -0.1) is 0 Å². The topological polar surface area (TPSA) is 119 Å². The Morgan fingerprint density at radius 2 is 1.74 bits per heavy atom. The van der Waals surface area contributed by atoms with Gasteiger partial charge in [0, 0.05) is 0 Å². The molecule has 0 fully saturated rings. The average molecular weight is 353 g/mol. The number of amides is 4. The summed E-state index contributed by atoms with van der Waals surface area (Å²) in [5.41, 5.74) is -1.54. The number of carbonyl (C=O) groups excluding carboxylic acids is 1. The Kier molecular flexibility index (Phi) is 5.68. The molecule has 1 unspecified atom stereocenters. The molecule has 4 amide bonds. The van der Waals surface area contributed by atoms with Crippen LogP contribution in [0, 0.1) is 0 Å². The van der Waals surface area contributed by atoms with E-state index in [1.807, 2.05) is 5.32 Å². The zero-order valence-corrected chi connectivity index (χ0v) is 11.9. The Balaban J connectivity index is 3.37. The highest BCUT2D eigenvalue weighted by Gasteiger charge is 2.35. The van der Waals surface area contributed by atoms with Gasteiger partial charge in [0.15, 0.2) is 0 Å². The van der Waals surface area contributed by atoms with E-state index >= 15 is 0 Å². The molecule has 4 N–H and O–H groups in total. The number of alkyl halides is 3. The summed E-state index contributed by atoms with van der Waals surface area (Å²) in [5.74, 6) is 0. The molecule has 126 valence electrons. The number of carboxylic acid groups (broad SMARTS) is 2. The molecule has 23 heavy (non-hydrogen) atoms. The molecule has 0 heterocycles. The Morgan fingerprint density at radius 1 is 1.17 bits per heavy atom. The van der Waals surface area contributed by atoms with Gasteiger partial charge in [0.25, 0.3) is 0 Å². The number of nitrogens with zero attached hydrogens (tertiary/aromatic N) is 1. The van der Waals surface area contributed by atoms with Crippen molar-refractivity contribution in [2.75, 3.05) is 0 Å². The van der Waals surface area contributed by atoms with E-state index in [1.54, 1.807) is 4.72 Å². The molecule has 1 aromatic rings. The van der Waals surface area contributed by atoms with E-state index in [-0.39, 0.29) is 4.90 Å². The van der Waals surface area contributed by atoms with E-state index in [0.717, 1.165) is 12.1 Å². The second kappa shape index (κ2) is 7.09. The van der Waals surface area contributed by atoms with E-state index in [9.17, 15) is 27.6 Å². The largest absolute Gasteiger partial charge is 0.464 e. The highest BCUT2D eigenvalue weighted by atomic mass is 32.1. The zero-order chi connectivity index (χ0) is 17.8. The Morgan fingerprint density at radius 3 is 2.17 bits per heavy atom. The molecular weight excluding hydrogens is 343 g/mol. The van der Waals surface area contributed by atoms with Gasteiger partial charge in [0.1, 0.15) is 6.17 Å². The van der Waals surface area contributed by atoms with Crippen LogP contribution in [0.25, 0.3) is 0 Å². The van der Waals surface area contributed by atoms with E-state index in [0.29, 0.717) is 12.1 Å². The van der Waals surface area contributed by atoms with Gasteiger partial charge >= 0.3 is 24.4 Å². The number of urea groups is 1. The Labute approximate surface area is 132 Å². The second-order valence-electron chi connectivity index (χ2n) is 4.05. The van der Waals surface area contributed by atoms with Crippen molar-refractivity contribution in [3.8, 4) is 0 Å². The van der Waals surface area contributed by atoms with Gasteiger partial charge in [-0.2, -0.15) is 18.1 Å². The van der Waals surface area contributed by atoms with Crippen molar-refractivity contribution in [1.82, 2.24) is 14.9 Å². The minimum Gasteiger partial charge on any atom is -0.464 e. The van der Waals surface area contributed by atoms with Crippen LogP contribution in [0.5, 0.6) is 0 Å². The summed E-state index contributed by atoms with van der Waals surface area (Å²) in [6.45, 7) is 0. The van der Waals surface area contributed by atoms with Crippen LogP contribution in [0.1, 0.15) is 17.3 Å². The lowest BCUT2D eigenvalue weighted by Crippen LogP contribution is -2.48. The third-order valence-corrected chi connectivity index (χ3v) is 2.77. The first-order valence-corrected chi connectivity index (χ1v) is 6.15. The molecule has 0 aliphatic carbocycles. The summed E-state index contributed by atoms with van der Waals surface area (Å²) in [4.78, 5) is 33.1. The molecule has 1 aromatic carbocycles. The standard InChI is InChI=1S/C11H10F3N3O5S/c12-11(13,14)6-3-1-2-5(4-6)7(15-8(18)16-23)17(9(19)20)10(21)22/h1-4,7,23H,(H,19,20)(H,21,22)(H2,15,16,18). The number of benzene rings is 1. The third kappa shape index (κ3) is 4.67. The molecule has 8 nitrogen and oxygen atoms in total. The molecule has 0 radical (unpaired) electrons. The van der Waals surface area contributed by atoms with Gasteiger partial charge in [-0.05, 0) is 17.7 Å². The lowest BCUT2D eigenvalue weighted by molar-refractivity contribution is -0.137. The summed E-state index contributed by atoms with van der Waals surface area (Å²) >= 11 is 3.39. The number of rotatable bonds is 3. The minimum atomic E-state index is -4.73. The van der Waals surface area contributed by atoms with E-state index in [2.05, 4.69) is 12.8 Å². The fraction of sp³-hybridized carbons (Fsp3) is 0.182. The number of carbonyl (C=O) groups is 3. The molecule has 0 aliphatic rings. The van der Waals surface area contributed by atoms with Crippen molar-refractivity contribution in [3.63, 3.8) is 0 Å². The average Bonchev–Trinajstić information content (AvgIpc) is 2.44. The van der Waals surface area contributed by atoms with E-state index in [4.69, 9.17) is 10.2 Å². The first kappa shape index (κ1) is 18.4. The van der Waals surface area contributed by atoms with Crippen LogP contribution < -0.4 is 10.0 Å². The fourth-order valence-electron chi connectivity index (χ4n) is 1.64. The van der Waals surface area contributed by atoms with Crippen molar-refractivity contribution in [3.05, 3.63) is 35.4 Å². The number of imide groups is 1. The van der Waals surface area contributed by atoms with Gasteiger partial charge in [0.2, 0.25) is 0 Å². The van der Waals surface area contributed by atoms with Crippen molar-refractivity contribution in [1.29, 1.82) is 0 Å². The number of hydrogen-bond acceptors (Lipinski definition) is 4. The summed E-state index contributed by atoms with van der Waals surface area (Å²) in [6.07, 6.45) is -10.6. The smallest absolute Gasteiger partial charge is 0.418 e. The number of thiol groups is 1. The maximum absolute atomic E-state index is 12.7. The maximum Gasteiger partial charge on any atom is 0.418 e. The van der Waals surface area contributed by atoms with Crippen LogP contribution >= 0.6 is 12.8 Å². The third-order valence-electron chi connectivity index (χ3n) is 2.57. The molecule has 0 saturated heterocycles. The van der Waals surface area contributed by atoms with Crippen LogP contribution in [0.4, 0.5) is 27.6 Å². The fourth-order valence-corrected chi connectivity index (χ4v) is 1.71. The molecule has 0 aromatic heterocycles. The number of halogens is 3. The molecular formula is C11H10F3N3O5S. The molecule has 0 spiro atoms. The summed E-state index contributed by atoms with van der Waals surface area (Å²) in [6, 6.07) is 2.13. The Bertz CT molecular complexity index is 611. The molecule has 0 saturated carbocycles. The quantitative estimate of drug-likeness (QED) is 0.423. The first-order chi connectivity index (χ1) is 10.6. The predicted octanol–water partition coefficient (Wildman–Crippen LogP) is 2.51. The lowest BCUT2D eigenvalue weighted by Gasteiger charge is -2.26. The molecule has 0 bridgehead atoms. The summed E-state index contributed by atoms with van der Waals surface area (Å²) < 4.78 is 39.9. The molecule has 1 rings (SSSR count). The Hall–Kier alpha value is -2.63. The predicted molar refractivity (Wildman–Crippen MR) is 72.7 cm³/mol. The van der Waals surface area contributed by atoms with Gasteiger partial charge in [-0.25, -0.2) is 14.4 Å². The van der Waals surface area contributed by atoms with Crippen molar-refractivity contribution < 1.29 is 37.8 Å². The van der Waals surface area contributed by atoms with Crippen LogP contribution in [0.2, 0.25) is 0 Å². The van der Waals surface area contributed by atoms with E-state index in [1.165, 1.54) is 0 Å². The maximum atomic E-state index is 12.7.